The Morgan fingerprint density at radius 3 is 2.94 bits per heavy atom. The van der Waals surface area contributed by atoms with Crippen molar-refractivity contribution < 1.29 is 8.78 Å². The number of fused-ring (bicyclic) bond motifs is 1. The lowest BCUT2D eigenvalue weighted by atomic mass is 9.87. The van der Waals surface area contributed by atoms with Crippen molar-refractivity contribution in [1.82, 2.24) is 5.32 Å². The summed E-state index contributed by atoms with van der Waals surface area (Å²) in [5.41, 5.74) is 1.19. The molecule has 1 unspecified atom stereocenters. The van der Waals surface area contributed by atoms with E-state index in [2.05, 4.69) is 5.32 Å². The first-order valence-electron chi connectivity index (χ1n) is 5.54. The van der Waals surface area contributed by atoms with Gasteiger partial charge in [-0.25, -0.2) is 8.78 Å². The van der Waals surface area contributed by atoms with Crippen LogP contribution in [0.2, 0.25) is 5.02 Å². The standard InChI is InChI=1S/C12H14ClF2N/c1-2-16-10-5-3-4-7-8(13)6-9(14)12(15)11(7)10/h6,10,16H,2-5H2,1H3. The topological polar surface area (TPSA) is 12.0 Å². The molecule has 1 atom stereocenters. The number of rotatable bonds is 2. The molecule has 4 heteroatoms. The highest BCUT2D eigenvalue weighted by Crippen LogP contribution is 2.36. The predicted octanol–water partition coefficient (Wildman–Crippen LogP) is 3.61. The van der Waals surface area contributed by atoms with Crippen LogP contribution in [0.25, 0.3) is 0 Å². The van der Waals surface area contributed by atoms with Crippen LogP contribution < -0.4 is 5.32 Å². The van der Waals surface area contributed by atoms with Gasteiger partial charge in [-0.2, -0.15) is 0 Å². The Labute approximate surface area is 98.8 Å². The lowest BCUT2D eigenvalue weighted by molar-refractivity contribution is 0.424. The van der Waals surface area contributed by atoms with E-state index in [-0.39, 0.29) is 6.04 Å². The molecular weight excluding hydrogens is 232 g/mol. The van der Waals surface area contributed by atoms with Crippen LogP contribution in [0, 0.1) is 11.6 Å². The molecule has 1 aliphatic carbocycles. The molecule has 1 aliphatic rings. The molecular formula is C12H14ClF2N. The minimum atomic E-state index is -0.853. The van der Waals surface area contributed by atoms with Crippen LogP contribution in [-0.4, -0.2) is 6.54 Å². The third-order valence-electron chi connectivity index (χ3n) is 3.03. The van der Waals surface area contributed by atoms with E-state index in [0.29, 0.717) is 10.6 Å². The predicted molar refractivity (Wildman–Crippen MR) is 60.7 cm³/mol. The van der Waals surface area contributed by atoms with E-state index in [4.69, 9.17) is 11.6 Å². The highest BCUT2D eigenvalue weighted by Gasteiger charge is 2.27. The molecule has 0 bridgehead atoms. The first kappa shape index (κ1) is 11.8. The van der Waals surface area contributed by atoms with Crippen LogP contribution in [-0.2, 0) is 6.42 Å². The summed E-state index contributed by atoms with van der Waals surface area (Å²) in [5, 5.41) is 3.51. The summed E-state index contributed by atoms with van der Waals surface area (Å²) in [6.45, 7) is 2.69. The number of hydrogen-bond donors (Lipinski definition) is 1. The Hall–Kier alpha value is -0.670. The molecule has 0 radical (unpaired) electrons. The normalized spacial score (nSPS) is 19.6. The monoisotopic (exact) mass is 245 g/mol. The zero-order chi connectivity index (χ0) is 11.7. The highest BCUT2D eigenvalue weighted by atomic mass is 35.5. The van der Waals surface area contributed by atoms with Gasteiger partial charge >= 0.3 is 0 Å². The van der Waals surface area contributed by atoms with Gasteiger partial charge in [0.2, 0.25) is 0 Å². The van der Waals surface area contributed by atoms with Crippen LogP contribution in [0.4, 0.5) is 8.78 Å². The van der Waals surface area contributed by atoms with E-state index < -0.39 is 11.6 Å². The summed E-state index contributed by atoms with van der Waals surface area (Å²) < 4.78 is 27.1. The van der Waals surface area contributed by atoms with Crippen LogP contribution >= 0.6 is 11.6 Å². The van der Waals surface area contributed by atoms with Gasteiger partial charge in [0.15, 0.2) is 11.6 Å². The largest absolute Gasteiger partial charge is 0.310 e. The SMILES string of the molecule is CCNC1CCCc2c(Cl)cc(F)c(F)c21. The van der Waals surface area contributed by atoms with Crippen LogP contribution in [0.1, 0.15) is 36.9 Å². The maximum atomic E-state index is 13.8. The third kappa shape index (κ3) is 1.94. The van der Waals surface area contributed by atoms with Gasteiger partial charge in [-0.3, -0.25) is 0 Å². The van der Waals surface area contributed by atoms with E-state index in [1.165, 1.54) is 0 Å². The van der Waals surface area contributed by atoms with Crippen molar-refractivity contribution in [1.29, 1.82) is 0 Å². The third-order valence-corrected chi connectivity index (χ3v) is 3.37. The van der Waals surface area contributed by atoms with E-state index in [9.17, 15) is 8.78 Å². The van der Waals surface area contributed by atoms with Gasteiger partial charge in [-0.05, 0) is 37.4 Å². The van der Waals surface area contributed by atoms with Gasteiger partial charge in [0, 0.05) is 16.6 Å². The van der Waals surface area contributed by atoms with Gasteiger partial charge in [-0.15, -0.1) is 0 Å². The van der Waals surface area contributed by atoms with Crippen molar-refractivity contribution in [3.05, 3.63) is 33.9 Å². The average Bonchev–Trinajstić information content (AvgIpc) is 2.26. The molecule has 0 saturated heterocycles. The second-order valence-corrected chi connectivity index (χ2v) is 4.46. The Balaban J connectivity index is 2.53. The van der Waals surface area contributed by atoms with Gasteiger partial charge in [0.1, 0.15) is 0 Å². The number of benzene rings is 1. The molecule has 0 spiro atoms. The Bertz CT molecular complexity index is 406. The first-order chi connectivity index (χ1) is 7.65. The van der Waals surface area contributed by atoms with Gasteiger partial charge in [0.05, 0.1) is 0 Å². The Morgan fingerprint density at radius 2 is 2.25 bits per heavy atom. The second-order valence-electron chi connectivity index (χ2n) is 4.05. The van der Waals surface area contributed by atoms with Crippen molar-refractivity contribution in [3.63, 3.8) is 0 Å². The summed E-state index contributed by atoms with van der Waals surface area (Å²) in [6.07, 6.45) is 2.51. The number of hydrogen-bond acceptors (Lipinski definition) is 1. The fourth-order valence-electron chi connectivity index (χ4n) is 2.35. The lowest BCUT2D eigenvalue weighted by Gasteiger charge is -2.27. The van der Waals surface area contributed by atoms with Gasteiger partial charge in [0.25, 0.3) is 0 Å². The van der Waals surface area contributed by atoms with E-state index in [1.54, 1.807) is 0 Å². The molecule has 1 aromatic carbocycles. The quantitative estimate of drug-likeness (QED) is 0.785. The molecule has 0 fully saturated rings. The zero-order valence-corrected chi connectivity index (χ0v) is 9.87. The van der Waals surface area contributed by atoms with Crippen LogP contribution in [0.5, 0.6) is 0 Å². The smallest absolute Gasteiger partial charge is 0.163 e. The Kier molecular flexibility index (Phi) is 3.45. The minimum Gasteiger partial charge on any atom is -0.310 e. The van der Waals surface area contributed by atoms with E-state index in [1.807, 2.05) is 6.92 Å². The summed E-state index contributed by atoms with van der Waals surface area (Å²) in [6, 6.07) is 0.964. The average molecular weight is 246 g/mol. The molecule has 0 heterocycles. The molecule has 88 valence electrons. The molecule has 0 saturated carbocycles. The van der Waals surface area contributed by atoms with Crippen molar-refractivity contribution >= 4 is 11.6 Å². The Morgan fingerprint density at radius 1 is 1.50 bits per heavy atom. The summed E-state index contributed by atoms with van der Waals surface area (Å²) in [5.74, 6) is -1.60. The van der Waals surface area contributed by atoms with Crippen LogP contribution in [0.15, 0.2) is 6.07 Å². The van der Waals surface area contributed by atoms with Gasteiger partial charge in [-0.1, -0.05) is 18.5 Å². The fourth-order valence-corrected chi connectivity index (χ4v) is 2.64. The van der Waals surface area contributed by atoms with Crippen molar-refractivity contribution in [2.75, 3.05) is 6.54 Å². The van der Waals surface area contributed by atoms with Crippen molar-refractivity contribution in [2.45, 2.75) is 32.2 Å². The maximum absolute atomic E-state index is 13.8. The first-order valence-corrected chi connectivity index (χ1v) is 5.92. The summed E-state index contributed by atoms with van der Waals surface area (Å²) >= 11 is 5.95. The molecule has 16 heavy (non-hydrogen) atoms. The number of halogens is 3. The second kappa shape index (κ2) is 4.68. The fraction of sp³-hybridized carbons (Fsp3) is 0.500. The summed E-state index contributed by atoms with van der Waals surface area (Å²) in [4.78, 5) is 0. The molecule has 1 nitrogen and oxygen atoms in total. The van der Waals surface area contributed by atoms with E-state index >= 15 is 0 Å². The van der Waals surface area contributed by atoms with Crippen molar-refractivity contribution in [2.24, 2.45) is 0 Å². The highest BCUT2D eigenvalue weighted by molar-refractivity contribution is 6.31. The lowest BCUT2D eigenvalue weighted by Crippen LogP contribution is -2.26. The molecule has 1 N–H and O–H groups in total. The minimum absolute atomic E-state index is 0.109. The zero-order valence-electron chi connectivity index (χ0n) is 9.12. The van der Waals surface area contributed by atoms with Crippen LogP contribution in [0.3, 0.4) is 0 Å². The molecule has 0 amide bonds. The van der Waals surface area contributed by atoms with Gasteiger partial charge < -0.3 is 5.32 Å². The molecule has 0 aliphatic heterocycles. The molecule has 0 aromatic heterocycles. The van der Waals surface area contributed by atoms with Crippen molar-refractivity contribution in [3.8, 4) is 0 Å². The molecule has 2 rings (SSSR count). The van der Waals surface area contributed by atoms with E-state index in [0.717, 1.165) is 37.4 Å². The maximum Gasteiger partial charge on any atom is 0.163 e. The molecule has 1 aromatic rings. The number of nitrogens with one attached hydrogen (secondary N) is 1. The summed E-state index contributed by atoms with van der Waals surface area (Å²) in [7, 11) is 0.